The zero-order valence-corrected chi connectivity index (χ0v) is 19.1. The van der Waals surface area contributed by atoms with Gasteiger partial charge in [-0.15, -0.1) is 10.2 Å². The number of carbonyl (C=O) groups excluding carboxylic acids is 1. The van der Waals surface area contributed by atoms with Gasteiger partial charge in [0, 0.05) is 19.2 Å². The van der Waals surface area contributed by atoms with Crippen molar-refractivity contribution in [3.8, 4) is 11.8 Å². The second-order valence-electron chi connectivity index (χ2n) is 7.35. The van der Waals surface area contributed by atoms with Crippen LogP contribution in [0.25, 0.3) is 16.7 Å². The first-order valence-corrected chi connectivity index (χ1v) is 11.3. The molecule has 0 saturated heterocycles. The molecule has 168 valence electrons. The van der Waals surface area contributed by atoms with Gasteiger partial charge in [0.1, 0.15) is 5.75 Å². The van der Waals surface area contributed by atoms with E-state index in [0.717, 1.165) is 5.56 Å². The molecular formula is C23H22N6O3S. The highest BCUT2D eigenvalue weighted by atomic mass is 32.2. The number of hydrogen-bond donors (Lipinski definition) is 0. The summed E-state index contributed by atoms with van der Waals surface area (Å²) in [5.41, 5.74) is 1.33. The van der Waals surface area contributed by atoms with E-state index in [-0.39, 0.29) is 30.2 Å². The van der Waals surface area contributed by atoms with Crippen LogP contribution in [-0.4, -0.2) is 56.4 Å². The van der Waals surface area contributed by atoms with Gasteiger partial charge in [0.15, 0.2) is 5.16 Å². The molecule has 0 atom stereocenters. The number of carbonyl (C=O) groups is 1. The van der Waals surface area contributed by atoms with Crippen LogP contribution in [0.15, 0.2) is 58.5 Å². The number of nitriles is 1. The lowest BCUT2D eigenvalue weighted by Crippen LogP contribution is -2.29. The molecule has 9 nitrogen and oxygen atoms in total. The van der Waals surface area contributed by atoms with Crippen LogP contribution in [-0.2, 0) is 11.3 Å². The first-order chi connectivity index (χ1) is 16.0. The first kappa shape index (κ1) is 22.4. The topological polar surface area (TPSA) is 106 Å². The van der Waals surface area contributed by atoms with Gasteiger partial charge in [0.2, 0.25) is 11.7 Å². The van der Waals surface area contributed by atoms with Gasteiger partial charge in [-0.25, -0.2) is 0 Å². The Labute approximate surface area is 194 Å². The number of aromatic nitrogens is 4. The zero-order chi connectivity index (χ0) is 23.4. The van der Waals surface area contributed by atoms with Gasteiger partial charge in [0.05, 0.1) is 42.8 Å². The number of nitrogens with zero attached hydrogens (tertiary/aromatic N) is 6. The van der Waals surface area contributed by atoms with Crippen molar-refractivity contribution >= 4 is 34.3 Å². The molecule has 2 aromatic heterocycles. The molecule has 4 aromatic rings. The summed E-state index contributed by atoms with van der Waals surface area (Å²) >= 11 is 1.24. The highest BCUT2D eigenvalue weighted by molar-refractivity contribution is 7.99. The van der Waals surface area contributed by atoms with Gasteiger partial charge in [-0.3, -0.25) is 18.6 Å². The molecule has 0 unspecified atom stereocenters. The third kappa shape index (κ3) is 4.40. The van der Waals surface area contributed by atoms with Crippen molar-refractivity contribution in [3.63, 3.8) is 0 Å². The quantitative estimate of drug-likeness (QED) is 0.371. The van der Waals surface area contributed by atoms with Crippen LogP contribution in [0, 0.1) is 11.3 Å². The molecule has 2 heterocycles. The van der Waals surface area contributed by atoms with Crippen LogP contribution < -0.4 is 10.3 Å². The van der Waals surface area contributed by atoms with Crippen molar-refractivity contribution in [1.29, 1.82) is 5.26 Å². The van der Waals surface area contributed by atoms with Crippen molar-refractivity contribution < 1.29 is 9.53 Å². The normalized spacial score (nSPS) is 10.9. The molecule has 0 bridgehead atoms. The molecule has 0 fully saturated rings. The maximum Gasteiger partial charge on any atom is 0.263 e. The van der Waals surface area contributed by atoms with Gasteiger partial charge in [-0.1, -0.05) is 42.1 Å². The van der Waals surface area contributed by atoms with Crippen molar-refractivity contribution in [1.82, 2.24) is 24.1 Å². The second kappa shape index (κ2) is 9.75. The number of rotatable bonds is 8. The summed E-state index contributed by atoms with van der Waals surface area (Å²) in [5, 5.41) is 18.4. The van der Waals surface area contributed by atoms with Gasteiger partial charge >= 0.3 is 0 Å². The maximum atomic E-state index is 13.4. The number of amides is 1. The van der Waals surface area contributed by atoms with Gasteiger partial charge in [-0.2, -0.15) is 5.26 Å². The smallest absolute Gasteiger partial charge is 0.263 e. The number of benzene rings is 2. The summed E-state index contributed by atoms with van der Waals surface area (Å²) in [5.74, 6) is 1.09. The Kier molecular flexibility index (Phi) is 6.60. The average Bonchev–Trinajstić information content (AvgIpc) is 3.27. The predicted octanol–water partition coefficient (Wildman–Crippen LogP) is 2.57. The Morgan fingerprint density at radius 2 is 1.94 bits per heavy atom. The lowest BCUT2D eigenvalue weighted by molar-refractivity contribution is -0.127. The van der Waals surface area contributed by atoms with E-state index in [4.69, 9.17) is 10.00 Å². The van der Waals surface area contributed by atoms with Crippen LogP contribution in [0.5, 0.6) is 5.75 Å². The SMILES string of the molecule is COc1ccccc1Cn1c(=O)c2ccccc2n2c(SCC(=O)N(C)CCC#N)nnc12. The number of methoxy groups -OCH3 is 1. The maximum absolute atomic E-state index is 13.4. The molecular weight excluding hydrogens is 440 g/mol. The largest absolute Gasteiger partial charge is 0.496 e. The number of thioether (sulfide) groups is 1. The van der Waals surface area contributed by atoms with Crippen molar-refractivity contribution in [3.05, 3.63) is 64.4 Å². The Bertz CT molecular complexity index is 1420. The number of ether oxygens (including phenoxy) is 1. The zero-order valence-electron chi connectivity index (χ0n) is 18.3. The summed E-state index contributed by atoms with van der Waals surface area (Å²) in [6.45, 7) is 0.633. The van der Waals surface area contributed by atoms with Crippen LogP contribution in [0.3, 0.4) is 0 Å². The molecule has 0 aliphatic carbocycles. The Balaban J connectivity index is 1.77. The lowest BCUT2D eigenvalue weighted by Gasteiger charge is -2.15. The van der Waals surface area contributed by atoms with E-state index in [1.807, 2.05) is 48.5 Å². The number of fused-ring (bicyclic) bond motifs is 3. The highest BCUT2D eigenvalue weighted by Crippen LogP contribution is 2.24. The molecule has 0 spiro atoms. The highest BCUT2D eigenvalue weighted by Gasteiger charge is 2.19. The fourth-order valence-electron chi connectivity index (χ4n) is 3.55. The molecule has 0 aliphatic heterocycles. The molecule has 10 heteroatoms. The van der Waals surface area contributed by atoms with Crippen molar-refractivity contribution in [2.24, 2.45) is 0 Å². The van der Waals surface area contributed by atoms with Crippen LogP contribution in [0.2, 0.25) is 0 Å². The summed E-state index contributed by atoms with van der Waals surface area (Å²) in [4.78, 5) is 27.3. The fourth-order valence-corrected chi connectivity index (χ4v) is 4.43. The minimum Gasteiger partial charge on any atom is -0.496 e. The monoisotopic (exact) mass is 462 g/mol. The summed E-state index contributed by atoms with van der Waals surface area (Å²) in [6.07, 6.45) is 0.278. The Morgan fingerprint density at radius 3 is 2.73 bits per heavy atom. The Morgan fingerprint density at radius 1 is 1.18 bits per heavy atom. The van der Waals surface area contributed by atoms with E-state index in [2.05, 4.69) is 10.2 Å². The average molecular weight is 463 g/mol. The van der Waals surface area contributed by atoms with E-state index in [1.165, 1.54) is 16.7 Å². The second-order valence-corrected chi connectivity index (χ2v) is 8.29. The third-order valence-electron chi connectivity index (χ3n) is 5.31. The van der Waals surface area contributed by atoms with E-state index < -0.39 is 0 Å². The molecule has 0 N–H and O–H groups in total. The molecule has 33 heavy (non-hydrogen) atoms. The molecule has 1 amide bonds. The predicted molar refractivity (Wildman–Crippen MR) is 125 cm³/mol. The van der Waals surface area contributed by atoms with Gasteiger partial charge in [0.25, 0.3) is 5.56 Å². The number of hydrogen-bond acceptors (Lipinski definition) is 7. The molecule has 0 radical (unpaired) electrons. The van der Waals surface area contributed by atoms with Crippen LogP contribution in [0.1, 0.15) is 12.0 Å². The molecule has 0 saturated carbocycles. The van der Waals surface area contributed by atoms with E-state index in [9.17, 15) is 9.59 Å². The number of para-hydroxylation sites is 2. The minimum atomic E-state index is -0.180. The van der Waals surface area contributed by atoms with E-state index in [0.29, 0.717) is 34.1 Å². The van der Waals surface area contributed by atoms with E-state index >= 15 is 0 Å². The molecule has 0 aliphatic rings. The summed E-state index contributed by atoms with van der Waals surface area (Å²) in [7, 11) is 3.26. The van der Waals surface area contributed by atoms with Crippen molar-refractivity contribution in [2.75, 3.05) is 26.5 Å². The van der Waals surface area contributed by atoms with Crippen LogP contribution in [0.4, 0.5) is 0 Å². The van der Waals surface area contributed by atoms with Crippen molar-refractivity contribution in [2.45, 2.75) is 18.1 Å². The molecule has 4 rings (SSSR count). The van der Waals surface area contributed by atoms with Crippen LogP contribution >= 0.6 is 11.8 Å². The minimum absolute atomic E-state index is 0.112. The van der Waals surface area contributed by atoms with Gasteiger partial charge < -0.3 is 9.64 Å². The summed E-state index contributed by atoms with van der Waals surface area (Å²) in [6, 6.07) is 16.8. The summed E-state index contributed by atoms with van der Waals surface area (Å²) < 4.78 is 8.83. The molecule has 2 aromatic carbocycles. The van der Waals surface area contributed by atoms with Gasteiger partial charge in [-0.05, 0) is 18.2 Å². The fraction of sp³-hybridized carbons (Fsp3) is 0.261. The Hall–Kier alpha value is -3.84. The first-order valence-electron chi connectivity index (χ1n) is 10.3. The third-order valence-corrected chi connectivity index (χ3v) is 6.22. The lowest BCUT2D eigenvalue weighted by atomic mass is 10.2. The standard InChI is InChI=1S/C23H22N6O3S/c1-27(13-7-12-24)20(30)15-33-23-26-25-22-28(14-16-8-3-6-11-19(16)32-2)21(31)17-9-4-5-10-18(17)29(22)23/h3-6,8-11H,7,13-15H2,1-2H3. The van der Waals surface area contributed by atoms with E-state index in [1.54, 1.807) is 29.2 Å².